The summed E-state index contributed by atoms with van der Waals surface area (Å²) in [6.07, 6.45) is 3.25. The lowest BCUT2D eigenvalue weighted by Gasteiger charge is -2.50. The van der Waals surface area contributed by atoms with Crippen molar-refractivity contribution in [3.05, 3.63) is 54.1 Å². The summed E-state index contributed by atoms with van der Waals surface area (Å²) in [5, 5.41) is 3.13. The SMILES string of the molecule is CC(C)CNC(=O)C1CN(Cc2ccccc2)CC12CN(C(=O)c1cncn1C)C2. The van der Waals surface area contributed by atoms with Crippen molar-refractivity contribution in [2.75, 3.05) is 32.7 Å². The monoisotopic (exact) mass is 409 g/mol. The van der Waals surface area contributed by atoms with E-state index in [9.17, 15) is 9.59 Å². The number of amides is 2. The van der Waals surface area contributed by atoms with E-state index >= 15 is 0 Å². The Morgan fingerprint density at radius 3 is 2.57 bits per heavy atom. The molecule has 0 bridgehead atoms. The number of benzene rings is 1. The van der Waals surface area contributed by atoms with Gasteiger partial charge in [0, 0.05) is 51.7 Å². The van der Waals surface area contributed by atoms with Gasteiger partial charge in [0.2, 0.25) is 5.91 Å². The second kappa shape index (κ2) is 8.22. The van der Waals surface area contributed by atoms with Gasteiger partial charge in [-0.2, -0.15) is 0 Å². The number of likely N-dealkylation sites (tertiary alicyclic amines) is 2. The molecule has 1 aromatic carbocycles. The van der Waals surface area contributed by atoms with E-state index in [4.69, 9.17) is 0 Å². The second-order valence-electron chi connectivity index (χ2n) is 9.26. The van der Waals surface area contributed by atoms with Gasteiger partial charge in [-0.05, 0) is 11.5 Å². The third-order valence-corrected chi connectivity index (χ3v) is 6.30. The van der Waals surface area contributed by atoms with E-state index in [2.05, 4.69) is 41.2 Å². The van der Waals surface area contributed by atoms with Crippen LogP contribution in [0.3, 0.4) is 0 Å². The van der Waals surface area contributed by atoms with Gasteiger partial charge < -0.3 is 14.8 Å². The highest BCUT2D eigenvalue weighted by Crippen LogP contribution is 2.45. The van der Waals surface area contributed by atoms with Gasteiger partial charge in [-0.15, -0.1) is 0 Å². The first-order chi connectivity index (χ1) is 14.4. The Labute approximate surface area is 178 Å². The van der Waals surface area contributed by atoms with Crippen LogP contribution in [0.2, 0.25) is 0 Å². The molecule has 1 atom stereocenters. The zero-order chi connectivity index (χ0) is 21.3. The fraction of sp³-hybridized carbons (Fsp3) is 0.522. The number of carbonyl (C=O) groups excluding carboxylic acids is 2. The van der Waals surface area contributed by atoms with Gasteiger partial charge in [0.1, 0.15) is 5.69 Å². The summed E-state index contributed by atoms with van der Waals surface area (Å²) < 4.78 is 1.75. The highest BCUT2D eigenvalue weighted by atomic mass is 16.2. The van der Waals surface area contributed by atoms with Crippen LogP contribution in [0.4, 0.5) is 0 Å². The Kier molecular flexibility index (Phi) is 5.64. The molecule has 0 aliphatic carbocycles. The molecule has 2 aliphatic rings. The van der Waals surface area contributed by atoms with Gasteiger partial charge in [0.15, 0.2) is 0 Å². The van der Waals surface area contributed by atoms with E-state index in [1.807, 2.05) is 30.1 Å². The summed E-state index contributed by atoms with van der Waals surface area (Å²) in [5.41, 5.74) is 1.66. The standard InChI is InChI=1S/C23H31N5O2/c1-17(2)9-25-21(29)19-12-27(11-18-7-5-4-6-8-18)13-23(19)14-28(15-23)22(30)20-10-24-16-26(20)3/h4-8,10,16-17,19H,9,11-15H2,1-3H3,(H,25,29). The number of nitrogens with zero attached hydrogens (tertiary/aromatic N) is 4. The normalized spacial score (nSPS) is 20.5. The molecule has 0 saturated carbocycles. The first-order valence-corrected chi connectivity index (χ1v) is 10.7. The van der Waals surface area contributed by atoms with Gasteiger partial charge in [0.05, 0.1) is 18.4 Å². The molecule has 1 N–H and O–H groups in total. The van der Waals surface area contributed by atoms with Crippen molar-refractivity contribution in [3.8, 4) is 0 Å². The van der Waals surface area contributed by atoms with Crippen molar-refractivity contribution in [2.24, 2.45) is 24.3 Å². The largest absolute Gasteiger partial charge is 0.356 e. The first kappa shape index (κ1) is 20.6. The smallest absolute Gasteiger partial charge is 0.272 e. The van der Waals surface area contributed by atoms with Crippen molar-refractivity contribution >= 4 is 11.8 Å². The summed E-state index contributed by atoms with van der Waals surface area (Å²) in [4.78, 5) is 34.2. The fourth-order valence-corrected chi connectivity index (χ4v) is 4.73. The zero-order valence-electron chi connectivity index (χ0n) is 18.0. The van der Waals surface area contributed by atoms with Gasteiger partial charge >= 0.3 is 0 Å². The van der Waals surface area contributed by atoms with Crippen LogP contribution in [-0.4, -0.2) is 63.9 Å². The molecule has 7 heteroatoms. The first-order valence-electron chi connectivity index (χ1n) is 10.7. The minimum absolute atomic E-state index is 0.0107. The van der Waals surface area contributed by atoms with Crippen LogP contribution < -0.4 is 5.32 Å². The molecular formula is C23H31N5O2. The molecule has 2 amide bonds. The molecule has 0 radical (unpaired) electrons. The molecule has 1 aromatic heterocycles. The number of aryl methyl sites for hydroxylation is 1. The Balaban J connectivity index is 1.48. The second-order valence-corrected chi connectivity index (χ2v) is 9.26. The summed E-state index contributed by atoms with van der Waals surface area (Å²) in [7, 11) is 1.83. The molecule has 1 unspecified atom stereocenters. The van der Waals surface area contributed by atoms with Crippen LogP contribution >= 0.6 is 0 Å². The summed E-state index contributed by atoms with van der Waals surface area (Å²) in [6, 6.07) is 10.4. The number of nitrogens with one attached hydrogen (secondary N) is 1. The van der Waals surface area contributed by atoms with E-state index in [-0.39, 0.29) is 23.1 Å². The van der Waals surface area contributed by atoms with Crippen LogP contribution in [0.15, 0.2) is 42.9 Å². The average molecular weight is 410 g/mol. The summed E-state index contributed by atoms with van der Waals surface area (Å²) in [5.74, 6) is 0.418. The minimum atomic E-state index is -0.176. The van der Waals surface area contributed by atoms with Gasteiger partial charge in [0.25, 0.3) is 5.91 Å². The third-order valence-electron chi connectivity index (χ3n) is 6.30. The molecule has 7 nitrogen and oxygen atoms in total. The molecule has 2 fully saturated rings. The van der Waals surface area contributed by atoms with Crippen LogP contribution in [0.5, 0.6) is 0 Å². The molecule has 4 rings (SSSR count). The van der Waals surface area contributed by atoms with Gasteiger partial charge in [-0.25, -0.2) is 4.98 Å². The van der Waals surface area contributed by atoms with Crippen molar-refractivity contribution in [1.82, 2.24) is 24.7 Å². The number of hydrogen-bond donors (Lipinski definition) is 1. The number of hydrogen-bond acceptors (Lipinski definition) is 4. The van der Waals surface area contributed by atoms with Crippen molar-refractivity contribution in [1.29, 1.82) is 0 Å². The molecule has 2 aliphatic heterocycles. The Hall–Kier alpha value is -2.67. The van der Waals surface area contributed by atoms with E-state index in [1.165, 1.54) is 5.56 Å². The van der Waals surface area contributed by atoms with E-state index in [0.717, 1.165) is 19.6 Å². The number of imidazole rings is 1. The summed E-state index contributed by atoms with van der Waals surface area (Å²) in [6.45, 7) is 8.50. The molecule has 30 heavy (non-hydrogen) atoms. The maximum atomic E-state index is 13.1. The number of carbonyl (C=O) groups is 2. The molecule has 2 saturated heterocycles. The fourth-order valence-electron chi connectivity index (χ4n) is 4.73. The molecule has 3 heterocycles. The lowest BCUT2D eigenvalue weighted by Crippen LogP contribution is -2.64. The summed E-state index contributed by atoms with van der Waals surface area (Å²) >= 11 is 0. The van der Waals surface area contributed by atoms with Crippen molar-refractivity contribution in [2.45, 2.75) is 20.4 Å². The molecular weight excluding hydrogens is 378 g/mol. The lowest BCUT2D eigenvalue weighted by molar-refractivity contribution is -0.131. The molecule has 2 aromatic rings. The lowest BCUT2D eigenvalue weighted by atomic mass is 9.71. The van der Waals surface area contributed by atoms with E-state index in [0.29, 0.717) is 31.2 Å². The Morgan fingerprint density at radius 2 is 1.93 bits per heavy atom. The molecule has 1 spiro atoms. The van der Waals surface area contributed by atoms with Crippen LogP contribution in [0.25, 0.3) is 0 Å². The predicted octanol–water partition coefficient (Wildman–Crippen LogP) is 1.77. The highest BCUT2D eigenvalue weighted by molar-refractivity contribution is 5.93. The van der Waals surface area contributed by atoms with E-state index < -0.39 is 0 Å². The van der Waals surface area contributed by atoms with Crippen LogP contribution in [-0.2, 0) is 18.4 Å². The predicted molar refractivity (Wildman–Crippen MR) is 115 cm³/mol. The quantitative estimate of drug-likeness (QED) is 0.789. The topological polar surface area (TPSA) is 70.5 Å². The maximum Gasteiger partial charge on any atom is 0.272 e. The highest BCUT2D eigenvalue weighted by Gasteiger charge is 2.57. The van der Waals surface area contributed by atoms with Gasteiger partial charge in [-0.1, -0.05) is 44.2 Å². The third kappa shape index (κ3) is 3.99. The Morgan fingerprint density at radius 1 is 1.20 bits per heavy atom. The van der Waals surface area contributed by atoms with Crippen molar-refractivity contribution < 1.29 is 9.59 Å². The zero-order valence-corrected chi connectivity index (χ0v) is 18.0. The van der Waals surface area contributed by atoms with Crippen LogP contribution in [0, 0.1) is 17.3 Å². The average Bonchev–Trinajstić information content (AvgIpc) is 3.29. The Bertz CT molecular complexity index is 901. The van der Waals surface area contributed by atoms with Crippen molar-refractivity contribution in [3.63, 3.8) is 0 Å². The van der Waals surface area contributed by atoms with Crippen LogP contribution in [0.1, 0.15) is 29.9 Å². The van der Waals surface area contributed by atoms with Gasteiger partial charge in [-0.3, -0.25) is 14.5 Å². The minimum Gasteiger partial charge on any atom is -0.356 e. The number of aromatic nitrogens is 2. The maximum absolute atomic E-state index is 13.1. The van der Waals surface area contributed by atoms with E-state index in [1.54, 1.807) is 17.1 Å². The number of rotatable bonds is 6. The molecule has 160 valence electrons.